The largest absolute Gasteiger partial charge is 0.507 e. The lowest BCUT2D eigenvalue weighted by Gasteiger charge is -2.72. The molecule has 4 unspecified atom stereocenters. The van der Waals surface area contributed by atoms with Gasteiger partial charge in [0.15, 0.2) is 0 Å². The second-order valence-electron chi connectivity index (χ2n) is 19.8. The number of hydrogen-bond donors (Lipinski definition) is 5. The molecule has 5 fully saturated rings. The van der Waals surface area contributed by atoms with Crippen LogP contribution < -0.4 is 10.6 Å². The highest BCUT2D eigenvalue weighted by Crippen LogP contribution is 2.77. The number of aliphatic hydroxyl groups is 1. The summed E-state index contributed by atoms with van der Waals surface area (Å²) in [5.74, 6) is 0.601. The number of hydrogen-bond acceptors (Lipinski definition) is 5. The van der Waals surface area contributed by atoms with Gasteiger partial charge < -0.3 is 26.0 Å². The molecule has 0 radical (unpaired) electrons. The molecular formula is C47H64N2O6. The van der Waals surface area contributed by atoms with E-state index in [1.807, 2.05) is 18.2 Å². The number of carboxylic acid groups (broad SMARTS) is 1. The molecule has 5 N–H and O–H groups in total. The number of aliphatic hydroxyl groups excluding tert-OH is 1. The van der Waals surface area contributed by atoms with E-state index in [-0.39, 0.29) is 63.4 Å². The normalized spacial score (nSPS) is 37.4. The molecule has 0 aliphatic heterocycles. The van der Waals surface area contributed by atoms with Gasteiger partial charge in [0.1, 0.15) is 11.3 Å². The predicted molar refractivity (Wildman–Crippen MR) is 214 cm³/mol. The Morgan fingerprint density at radius 3 is 2.31 bits per heavy atom. The van der Waals surface area contributed by atoms with E-state index in [9.17, 15) is 29.7 Å². The van der Waals surface area contributed by atoms with Gasteiger partial charge in [-0.15, -0.1) is 0 Å². The number of benzene rings is 2. The Bertz CT molecular complexity index is 1870. The number of carbonyl (C=O) groups excluding carboxylic acids is 2. The summed E-state index contributed by atoms with van der Waals surface area (Å²) in [5, 5.41) is 36.5. The first-order valence-electron chi connectivity index (χ1n) is 20.9. The van der Waals surface area contributed by atoms with E-state index in [1.54, 1.807) is 12.1 Å². The summed E-state index contributed by atoms with van der Waals surface area (Å²) in [4.78, 5) is 39.1. The van der Waals surface area contributed by atoms with Crippen LogP contribution in [0.1, 0.15) is 138 Å². The molecule has 5 aliphatic carbocycles. The van der Waals surface area contributed by atoms with Gasteiger partial charge in [0.2, 0.25) is 5.91 Å². The summed E-state index contributed by atoms with van der Waals surface area (Å²) in [6.45, 7) is 19.7. The van der Waals surface area contributed by atoms with Gasteiger partial charge in [-0.05, 0) is 164 Å². The monoisotopic (exact) mass is 752 g/mol. The van der Waals surface area contributed by atoms with E-state index in [2.05, 4.69) is 58.8 Å². The Morgan fingerprint density at radius 2 is 1.58 bits per heavy atom. The van der Waals surface area contributed by atoms with Crippen molar-refractivity contribution in [1.82, 2.24) is 10.6 Å². The zero-order chi connectivity index (χ0) is 39.7. The number of aromatic carboxylic acids is 1. The van der Waals surface area contributed by atoms with E-state index in [4.69, 9.17) is 0 Å². The lowest BCUT2D eigenvalue weighted by atomic mass is 9.32. The van der Waals surface area contributed by atoms with Crippen LogP contribution in [0.25, 0.3) is 0 Å². The minimum Gasteiger partial charge on any atom is -0.507 e. The molecule has 0 aromatic heterocycles. The van der Waals surface area contributed by atoms with Crippen molar-refractivity contribution in [3.05, 3.63) is 76.9 Å². The van der Waals surface area contributed by atoms with Gasteiger partial charge in [-0.1, -0.05) is 65.0 Å². The summed E-state index contributed by atoms with van der Waals surface area (Å²) < 4.78 is 0. The SMILES string of the molecule is C=C(C)[C@@H]1CC[C@]2(C(=O)NCCc3cccc(C(=O)NCc4ccc(O)c(C(=O)O)c4)c3)CC[C@]3(C)C(CCC4[C@@]5(C)CC[C@H](O)C(C)(C)C5CC[C@]43C)C12. The maximum atomic E-state index is 14.6. The maximum Gasteiger partial charge on any atom is 0.339 e. The molecule has 0 spiro atoms. The van der Waals surface area contributed by atoms with Crippen LogP contribution in [0, 0.1) is 56.7 Å². The van der Waals surface area contributed by atoms with Crippen molar-refractivity contribution in [2.24, 2.45) is 56.7 Å². The van der Waals surface area contributed by atoms with Crippen LogP contribution in [0.4, 0.5) is 0 Å². The van der Waals surface area contributed by atoms with E-state index in [0.29, 0.717) is 47.8 Å². The molecule has 2 amide bonds. The first-order chi connectivity index (χ1) is 25.9. The molecule has 2 aromatic carbocycles. The summed E-state index contributed by atoms with van der Waals surface area (Å²) in [7, 11) is 0. The first kappa shape index (κ1) is 39.6. The van der Waals surface area contributed by atoms with Crippen LogP contribution in [-0.4, -0.2) is 45.8 Å². The van der Waals surface area contributed by atoms with E-state index in [0.717, 1.165) is 50.5 Å². The van der Waals surface area contributed by atoms with E-state index >= 15 is 0 Å². The summed E-state index contributed by atoms with van der Waals surface area (Å²) in [6.07, 6.45) is 11.0. The third-order valence-electron chi connectivity index (χ3n) is 17.1. The number of aromatic hydroxyl groups is 1. The Labute approximate surface area is 328 Å². The average molecular weight is 753 g/mol. The number of amides is 2. The van der Waals surface area contributed by atoms with Crippen LogP contribution in [0.5, 0.6) is 5.75 Å². The second-order valence-corrected chi connectivity index (χ2v) is 19.8. The predicted octanol–water partition coefficient (Wildman–Crippen LogP) is 8.70. The Balaban J connectivity index is 1.04. The molecule has 8 nitrogen and oxygen atoms in total. The minimum atomic E-state index is -1.23. The van der Waals surface area contributed by atoms with Gasteiger partial charge in [-0.3, -0.25) is 9.59 Å². The fourth-order valence-corrected chi connectivity index (χ4v) is 14.0. The van der Waals surface area contributed by atoms with Gasteiger partial charge >= 0.3 is 5.97 Å². The smallest absolute Gasteiger partial charge is 0.339 e. The molecule has 8 heteroatoms. The Morgan fingerprint density at radius 1 is 0.818 bits per heavy atom. The van der Waals surface area contributed by atoms with Gasteiger partial charge in [0.05, 0.1) is 11.5 Å². The zero-order valence-electron chi connectivity index (χ0n) is 34.0. The molecule has 298 valence electrons. The molecular weight excluding hydrogens is 689 g/mol. The van der Waals surface area contributed by atoms with Crippen LogP contribution in [0.3, 0.4) is 0 Å². The number of phenols is 1. The third kappa shape index (κ3) is 6.24. The quantitative estimate of drug-likeness (QED) is 0.163. The van der Waals surface area contributed by atoms with Crippen molar-refractivity contribution < 1.29 is 29.7 Å². The number of nitrogens with one attached hydrogen (secondary N) is 2. The van der Waals surface area contributed by atoms with Crippen LogP contribution in [0.2, 0.25) is 0 Å². The highest BCUT2D eigenvalue weighted by molar-refractivity contribution is 5.94. The van der Waals surface area contributed by atoms with Crippen LogP contribution in [0.15, 0.2) is 54.6 Å². The third-order valence-corrected chi connectivity index (χ3v) is 17.1. The minimum absolute atomic E-state index is 0.0691. The Hall–Kier alpha value is -3.65. The topological polar surface area (TPSA) is 136 Å². The molecule has 0 saturated heterocycles. The fourth-order valence-electron chi connectivity index (χ4n) is 14.0. The summed E-state index contributed by atoms with van der Waals surface area (Å²) in [5.41, 5.74) is 3.11. The molecule has 7 rings (SSSR count). The number of allylic oxidation sites excluding steroid dienone is 1. The first-order valence-corrected chi connectivity index (χ1v) is 20.9. The average Bonchev–Trinajstić information content (AvgIpc) is 3.54. The Kier molecular flexibility index (Phi) is 10.1. The van der Waals surface area contributed by atoms with Gasteiger partial charge in [-0.25, -0.2) is 4.79 Å². The van der Waals surface area contributed by atoms with Crippen LogP contribution >= 0.6 is 0 Å². The maximum absolute atomic E-state index is 14.6. The van der Waals surface area contributed by atoms with Crippen molar-refractivity contribution >= 4 is 17.8 Å². The number of fused-ring (bicyclic) bond motifs is 7. The van der Waals surface area contributed by atoms with Crippen LogP contribution in [-0.2, 0) is 17.8 Å². The summed E-state index contributed by atoms with van der Waals surface area (Å²) in [6, 6.07) is 11.7. The molecule has 10 atom stereocenters. The van der Waals surface area contributed by atoms with Gasteiger partial charge in [-0.2, -0.15) is 0 Å². The molecule has 5 saturated carbocycles. The van der Waals surface area contributed by atoms with E-state index < -0.39 is 11.4 Å². The van der Waals surface area contributed by atoms with Gasteiger partial charge in [0.25, 0.3) is 5.91 Å². The molecule has 0 heterocycles. The van der Waals surface area contributed by atoms with Crippen molar-refractivity contribution in [3.63, 3.8) is 0 Å². The standard InChI is InChI=1S/C47H64N2O6/c1-28(2)32-15-21-47(42(55)48-24-18-29-9-8-10-31(25-29)40(52)49-27-30-11-13-35(50)33(26-30)41(53)54)23-22-45(6)34(39(32)47)12-14-37-44(5)19-17-38(51)43(3,4)36(44)16-20-46(37,45)7/h8-11,13,25-26,32,34,36-39,50-51H,1,12,14-24,27H2,2-7H3,(H,48,55)(H,49,52)(H,53,54)/t32-,34?,36?,37?,38-,39?,44-,45+,46+,47-/m0/s1. The lowest BCUT2D eigenvalue weighted by Crippen LogP contribution is -2.67. The molecule has 0 bridgehead atoms. The van der Waals surface area contributed by atoms with Crippen molar-refractivity contribution in [3.8, 4) is 5.75 Å². The van der Waals surface area contributed by atoms with Crippen molar-refractivity contribution in [2.75, 3.05) is 6.54 Å². The fraction of sp³-hybridized carbons (Fsp3) is 0.638. The highest BCUT2D eigenvalue weighted by atomic mass is 16.4. The van der Waals surface area contributed by atoms with Crippen molar-refractivity contribution in [2.45, 2.75) is 125 Å². The van der Waals surface area contributed by atoms with E-state index in [1.165, 1.54) is 37.0 Å². The number of carboxylic acids is 1. The highest BCUT2D eigenvalue weighted by Gasteiger charge is 2.71. The lowest BCUT2D eigenvalue weighted by molar-refractivity contribution is -0.246. The van der Waals surface area contributed by atoms with Crippen molar-refractivity contribution in [1.29, 1.82) is 0 Å². The zero-order valence-corrected chi connectivity index (χ0v) is 34.0. The summed E-state index contributed by atoms with van der Waals surface area (Å²) >= 11 is 0. The molecule has 55 heavy (non-hydrogen) atoms. The second kappa shape index (κ2) is 14.1. The molecule has 5 aliphatic rings. The molecule has 2 aromatic rings. The van der Waals surface area contributed by atoms with Gasteiger partial charge in [0, 0.05) is 18.7 Å². The number of rotatable bonds is 9. The number of carbonyl (C=O) groups is 3.